The van der Waals surface area contributed by atoms with Crippen LogP contribution in [0.3, 0.4) is 0 Å². The number of thiophene rings is 1. The highest BCUT2D eigenvalue weighted by atomic mass is 35.5. The molecule has 1 N–H and O–H groups in total. The predicted octanol–water partition coefficient (Wildman–Crippen LogP) is 4.65. The van der Waals surface area contributed by atoms with Gasteiger partial charge in [-0.15, -0.1) is 11.3 Å². The number of carbonyl (C=O) groups excluding carboxylic acids is 1. The summed E-state index contributed by atoms with van der Waals surface area (Å²) in [4.78, 5) is 13.5. The van der Waals surface area contributed by atoms with Gasteiger partial charge in [0.15, 0.2) is 5.69 Å². The molecule has 0 saturated carbocycles. The van der Waals surface area contributed by atoms with E-state index < -0.39 is 0 Å². The number of carbonyl (C=O) groups is 1. The molecule has 25 heavy (non-hydrogen) atoms. The molecule has 0 fully saturated rings. The number of benzene rings is 1. The Balaban J connectivity index is 1.69. The summed E-state index contributed by atoms with van der Waals surface area (Å²) >= 11 is 7.54. The van der Waals surface area contributed by atoms with Crippen molar-refractivity contribution in [2.45, 2.75) is 26.3 Å². The van der Waals surface area contributed by atoms with Crippen LogP contribution in [0.15, 0.2) is 48.5 Å². The largest absolute Gasteiger partial charge is 0.350 e. The average Bonchev–Trinajstić information content (AvgIpc) is 3.22. The fourth-order valence-corrected chi connectivity index (χ4v) is 3.68. The van der Waals surface area contributed by atoms with Crippen LogP contribution in [0.4, 0.5) is 0 Å². The highest BCUT2D eigenvalue weighted by Gasteiger charge is 2.16. The van der Waals surface area contributed by atoms with E-state index in [-0.39, 0.29) is 5.91 Å². The van der Waals surface area contributed by atoms with Crippen LogP contribution < -0.4 is 5.32 Å². The van der Waals surface area contributed by atoms with Gasteiger partial charge in [-0.2, -0.15) is 5.10 Å². The molecule has 0 spiro atoms. The lowest BCUT2D eigenvalue weighted by molar-refractivity contribution is 0.0948. The summed E-state index contributed by atoms with van der Waals surface area (Å²) in [6.45, 7) is 3.44. The summed E-state index contributed by atoms with van der Waals surface area (Å²) in [6.07, 6.45) is 1.75. The second kappa shape index (κ2) is 8.32. The lowest BCUT2D eigenvalue weighted by Crippen LogP contribution is -2.26. The molecule has 3 rings (SSSR count). The summed E-state index contributed by atoms with van der Waals surface area (Å²) in [5, 5.41) is 7.43. The van der Waals surface area contributed by atoms with Crippen molar-refractivity contribution in [3.63, 3.8) is 0 Å². The third kappa shape index (κ3) is 4.50. The second-order valence-electron chi connectivity index (χ2n) is 5.73. The van der Waals surface area contributed by atoms with Crippen molar-refractivity contribution in [3.05, 3.63) is 64.1 Å². The van der Waals surface area contributed by atoms with Crippen molar-refractivity contribution in [2.75, 3.05) is 6.54 Å². The van der Waals surface area contributed by atoms with Crippen molar-refractivity contribution >= 4 is 28.8 Å². The molecule has 0 radical (unpaired) electrons. The molecule has 0 aliphatic rings. The molecule has 0 aliphatic heterocycles. The Hall–Kier alpha value is -2.11. The molecule has 3 aromatic rings. The summed E-state index contributed by atoms with van der Waals surface area (Å²) < 4.78 is 2.61. The number of hydrogen-bond donors (Lipinski definition) is 1. The number of nitrogens with one attached hydrogen (secondary N) is 1. The van der Waals surface area contributed by atoms with Crippen LogP contribution in [0.2, 0.25) is 4.34 Å². The van der Waals surface area contributed by atoms with Gasteiger partial charge in [0, 0.05) is 13.1 Å². The number of hydrogen-bond acceptors (Lipinski definition) is 3. The van der Waals surface area contributed by atoms with Gasteiger partial charge in [0.1, 0.15) is 0 Å². The number of aromatic nitrogens is 2. The Kier molecular flexibility index (Phi) is 5.89. The molecule has 130 valence electrons. The Morgan fingerprint density at radius 2 is 2.04 bits per heavy atom. The summed E-state index contributed by atoms with van der Waals surface area (Å²) in [7, 11) is 0. The van der Waals surface area contributed by atoms with Gasteiger partial charge in [0.2, 0.25) is 0 Å². The fourth-order valence-electron chi connectivity index (χ4n) is 2.62. The van der Waals surface area contributed by atoms with Gasteiger partial charge in [0.05, 0.1) is 14.9 Å². The first kappa shape index (κ1) is 17.7. The van der Waals surface area contributed by atoms with Gasteiger partial charge in [0.25, 0.3) is 5.91 Å². The van der Waals surface area contributed by atoms with Gasteiger partial charge >= 0.3 is 0 Å². The lowest BCUT2D eigenvalue weighted by atomic mass is 10.1. The van der Waals surface area contributed by atoms with E-state index in [9.17, 15) is 4.79 Å². The summed E-state index contributed by atoms with van der Waals surface area (Å²) in [5.74, 6) is -0.144. The zero-order chi connectivity index (χ0) is 17.6. The van der Waals surface area contributed by atoms with Crippen LogP contribution in [-0.2, 0) is 13.0 Å². The predicted molar refractivity (Wildman–Crippen MR) is 103 cm³/mol. The minimum atomic E-state index is -0.144. The Bertz CT molecular complexity index is 841. The van der Waals surface area contributed by atoms with Gasteiger partial charge in [-0.25, -0.2) is 0 Å². The minimum Gasteiger partial charge on any atom is -0.350 e. The average molecular weight is 374 g/mol. The van der Waals surface area contributed by atoms with E-state index >= 15 is 0 Å². The molecule has 0 unspecified atom stereocenters. The monoisotopic (exact) mass is 373 g/mol. The van der Waals surface area contributed by atoms with Gasteiger partial charge in [-0.3, -0.25) is 9.48 Å². The zero-order valence-electron chi connectivity index (χ0n) is 14.0. The van der Waals surface area contributed by atoms with Gasteiger partial charge < -0.3 is 5.32 Å². The molecule has 2 heterocycles. The van der Waals surface area contributed by atoms with Crippen molar-refractivity contribution in [1.82, 2.24) is 15.1 Å². The first-order valence-corrected chi connectivity index (χ1v) is 9.52. The highest BCUT2D eigenvalue weighted by Crippen LogP contribution is 2.31. The van der Waals surface area contributed by atoms with Crippen LogP contribution >= 0.6 is 22.9 Å². The Labute approximate surface area is 156 Å². The van der Waals surface area contributed by atoms with Gasteiger partial charge in [-0.1, -0.05) is 48.9 Å². The van der Waals surface area contributed by atoms with E-state index in [1.165, 1.54) is 16.9 Å². The van der Waals surface area contributed by atoms with Crippen molar-refractivity contribution in [2.24, 2.45) is 0 Å². The number of nitrogens with zero attached hydrogens (tertiary/aromatic N) is 2. The number of amides is 1. The maximum atomic E-state index is 12.4. The molecular formula is C19H20ClN3OS. The van der Waals surface area contributed by atoms with E-state index in [1.807, 2.05) is 41.1 Å². The van der Waals surface area contributed by atoms with E-state index in [4.69, 9.17) is 11.6 Å². The number of halogens is 1. The fraction of sp³-hybridized carbons (Fsp3) is 0.263. The number of rotatable bonds is 7. The van der Waals surface area contributed by atoms with Crippen LogP contribution in [0.1, 0.15) is 29.4 Å². The Morgan fingerprint density at radius 3 is 2.72 bits per heavy atom. The first-order valence-electron chi connectivity index (χ1n) is 8.33. The first-order chi connectivity index (χ1) is 12.2. The van der Waals surface area contributed by atoms with E-state index in [1.54, 1.807) is 0 Å². The summed E-state index contributed by atoms with van der Waals surface area (Å²) in [6, 6.07) is 15.8. The molecule has 0 aliphatic carbocycles. The third-order valence-electron chi connectivity index (χ3n) is 3.82. The van der Waals surface area contributed by atoms with Crippen molar-refractivity contribution in [1.29, 1.82) is 0 Å². The molecule has 2 aromatic heterocycles. The standard InChI is InChI=1S/C19H20ClN3OS/c1-2-12-23-16(17-8-9-18(20)25-17)13-15(22-23)19(24)21-11-10-14-6-4-3-5-7-14/h3-9,13H,2,10-12H2,1H3,(H,21,24). The van der Waals surface area contributed by atoms with Gasteiger partial charge in [-0.05, 0) is 36.6 Å². The molecular weight excluding hydrogens is 354 g/mol. The number of aryl methyl sites for hydroxylation is 1. The smallest absolute Gasteiger partial charge is 0.271 e. The van der Waals surface area contributed by atoms with E-state index in [2.05, 4.69) is 29.5 Å². The minimum absolute atomic E-state index is 0.144. The molecule has 4 nitrogen and oxygen atoms in total. The molecule has 0 atom stereocenters. The van der Waals surface area contributed by atoms with Crippen LogP contribution in [0.5, 0.6) is 0 Å². The normalized spacial score (nSPS) is 10.8. The van der Waals surface area contributed by atoms with Crippen molar-refractivity contribution in [3.8, 4) is 10.6 Å². The van der Waals surface area contributed by atoms with Crippen LogP contribution in [-0.4, -0.2) is 22.2 Å². The SMILES string of the molecule is CCCn1nc(C(=O)NCCc2ccccc2)cc1-c1ccc(Cl)s1. The molecule has 0 saturated heterocycles. The molecule has 1 amide bonds. The maximum Gasteiger partial charge on any atom is 0.271 e. The highest BCUT2D eigenvalue weighted by molar-refractivity contribution is 7.19. The molecule has 6 heteroatoms. The molecule has 1 aromatic carbocycles. The van der Waals surface area contributed by atoms with E-state index in [0.29, 0.717) is 12.2 Å². The maximum absolute atomic E-state index is 12.4. The Morgan fingerprint density at radius 1 is 1.24 bits per heavy atom. The summed E-state index contributed by atoms with van der Waals surface area (Å²) in [5.41, 5.74) is 2.58. The van der Waals surface area contributed by atoms with Crippen LogP contribution in [0, 0.1) is 0 Å². The quantitative estimate of drug-likeness (QED) is 0.655. The lowest BCUT2D eigenvalue weighted by Gasteiger charge is -2.04. The zero-order valence-corrected chi connectivity index (χ0v) is 15.6. The van der Waals surface area contributed by atoms with Crippen LogP contribution in [0.25, 0.3) is 10.6 Å². The molecule has 0 bridgehead atoms. The van der Waals surface area contributed by atoms with E-state index in [0.717, 1.165) is 34.3 Å². The topological polar surface area (TPSA) is 46.9 Å². The third-order valence-corrected chi connectivity index (χ3v) is 5.07. The van der Waals surface area contributed by atoms with Crippen molar-refractivity contribution < 1.29 is 4.79 Å². The second-order valence-corrected chi connectivity index (χ2v) is 7.45.